The summed E-state index contributed by atoms with van der Waals surface area (Å²) in [7, 11) is 0. The van der Waals surface area contributed by atoms with Crippen molar-refractivity contribution in [3.63, 3.8) is 0 Å². The summed E-state index contributed by atoms with van der Waals surface area (Å²) >= 11 is 0. The third kappa shape index (κ3) is 5.50. The first-order valence-electron chi connectivity index (χ1n) is 12.1. The molecule has 0 bridgehead atoms. The number of aryl methyl sites for hydroxylation is 2. The number of hydrogen-bond acceptors (Lipinski definition) is 4. The number of benzene rings is 2. The molecule has 176 valence electrons. The lowest BCUT2D eigenvalue weighted by atomic mass is 9.74. The highest BCUT2D eigenvalue weighted by Crippen LogP contribution is 2.46. The minimum Gasteiger partial charge on any atom is -0.492 e. The lowest BCUT2D eigenvalue weighted by Crippen LogP contribution is -2.44. The number of ether oxygens (including phenoxy) is 2. The monoisotopic (exact) mass is 447 g/mol. The molecule has 1 fully saturated rings. The molecule has 0 aromatic heterocycles. The van der Waals surface area contributed by atoms with Crippen LogP contribution in [0.5, 0.6) is 5.75 Å². The van der Waals surface area contributed by atoms with Gasteiger partial charge in [0.2, 0.25) is 0 Å². The first-order chi connectivity index (χ1) is 15.7. The molecule has 4 heteroatoms. The predicted molar refractivity (Wildman–Crippen MR) is 135 cm³/mol. The van der Waals surface area contributed by atoms with Crippen molar-refractivity contribution in [1.82, 2.24) is 4.90 Å². The van der Waals surface area contributed by atoms with Crippen molar-refractivity contribution in [2.75, 3.05) is 26.2 Å². The van der Waals surface area contributed by atoms with E-state index in [1.54, 1.807) is 0 Å². The molecule has 2 aliphatic rings. The Morgan fingerprint density at radius 3 is 2.45 bits per heavy atom. The van der Waals surface area contributed by atoms with Crippen molar-refractivity contribution in [1.29, 1.82) is 0 Å². The molecule has 4 nitrogen and oxygen atoms in total. The molecule has 0 N–H and O–H groups in total. The summed E-state index contributed by atoms with van der Waals surface area (Å²) in [5, 5.41) is 0. The molecule has 33 heavy (non-hydrogen) atoms. The van der Waals surface area contributed by atoms with E-state index in [9.17, 15) is 4.79 Å². The Labute approximate surface area is 198 Å². The van der Waals surface area contributed by atoms with Crippen LogP contribution in [0.4, 0.5) is 0 Å². The molecule has 4 rings (SSSR count). The van der Waals surface area contributed by atoms with E-state index < -0.39 is 5.60 Å². The predicted octanol–water partition coefficient (Wildman–Crippen LogP) is 5.93. The number of carbonyl (C=O) groups is 1. The molecule has 0 atom stereocenters. The molecule has 2 aromatic carbocycles. The molecule has 0 aliphatic carbocycles. The number of likely N-dealkylation sites (tertiary alicyclic amines) is 1. The van der Waals surface area contributed by atoms with E-state index in [4.69, 9.17) is 9.47 Å². The number of rotatable bonds is 5. The van der Waals surface area contributed by atoms with E-state index in [2.05, 4.69) is 67.3 Å². The number of nitrogens with zero attached hydrogens (tertiary/aromatic N) is 1. The van der Waals surface area contributed by atoms with Gasteiger partial charge in [0, 0.05) is 17.5 Å². The van der Waals surface area contributed by atoms with Crippen LogP contribution in [-0.2, 0) is 14.9 Å². The van der Waals surface area contributed by atoms with Gasteiger partial charge in [-0.2, -0.15) is 0 Å². The fraction of sp³-hybridized carbons (Fsp3) is 0.483. The van der Waals surface area contributed by atoms with Gasteiger partial charge < -0.3 is 14.4 Å². The molecule has 0 unspecified atom stereocenters. The summed E-state index contributed by atoms with van der Waals surface area (Å²) < 4.78 is 11.6. The quantitative estimate of drug-likeness (QED) is 0.420. The first-order valence-corrected chi connectivity index (χ1v) is 12.1. The Morgan fingerprint density at radius 1 is 1.09 bits per heavy atom. The van der Waals surface area contributed by atoms with Crippen molar-refractivity contribution < 1.29 is 14.3 Å². The smallest absolute Gasteiger partial charge is 0.307 e. The first kappa shape index (κ1) is 23.6. The van der Waals surface area contributed by atoms with Gasteiger partial charge >= 0.3 is 5.97 Å². The van der Waals surface area contributed by atoms with Crippen LogP contribution in [0, 0.1) is 13.8 Å². The number of piperidine rings is 1. The highest BCUT2D eigenvalue weighted by atomic mass is 16.6. The van der Waals surface area contributed by atoms with E-state index in [1.165, 1.54) is 27.8 Å². The van der Waals surface area contributed by atoms with Crippen LogP contribution < -0.4 is 4.74 Å². The largest absolute Gasteiger partial charge is 0.492 e. The third-order valence-corrected chi connectivity index (χ3v) is 6.93. The average molecular weight is 448 g/mol. The maximum absolute atomic E-state index is 12.1. The maximum atomic E-state index is 12.1. The topological polar surface area (TPSA) is 38.8 Å². The van der Waals surface area contributed by atoms with Gasteiger partial charge in [0.1, 0.15) is 11.4 Å². The second kappa shape index (κ2) is 9.34. The van der Waals surface area contributed by atoms with Crippen LogP contribution in [0.1, 0.15) is 67.9 Å². The summed E-state index contributed by atoms with van der Waals surface area (Å²) in [6.45, 7) is 13.5. The Kier molecular flexibility index (Phi) is 6.67. The van der Waals surface area contributed by atoms with Gasteiger partial charge in [-0.15, -0.1) is 0 Å². The molecule has 1 spiro atoms. The SMILES string of the molecule is Cc1cccc(C)c1/C=C/c1ccc2c(c1)OCC21CCN(CCC(=O)OC(C)(C)C)CC1. The molecular weight excluding hydrogens is 410 g/mol. The van der Waals surface area contributed by atoms with Crippen molar-refractivity contribution in [2.45, 2.75) is 64.9 Å². The molecule has 0 radical (unpaired) electrons. The summed E-state index contributed by atoms with van der Waals surface area (Å²) in [4.78, 5) is 14.4. The Hall–Kier alpha value is -2.59. The van der Waals surface area contributed by atoms with E-state index in [1.807, 2.05) is 20.8 Å². The third-order valence-electron chi connectivity index (χ3n) is 6.93. The van der Waals surface area contributed by atoms with Crippen LogP contribution in [0.15, 0.2) is 36.4 Å². The maximum Gasteiger partial charge on any atom is 0.307 e. The highest BCUT2D eigenvalue weighted by molar-refractivity contribution is 5.73. The zero-order valence-corrected chi connectivity index (χ0v) is 20.7. The molecule has 0 saturated carbocycles. The Morgan fingerprint density at radius 2 is 1.79 bits per heavy atom. The summed E-state index contributed by atoms with van der Waals surface area (Å²) in [6, 6.07) is 13.1. The summed E-state index contributed by atoms with van der Waals surface area (Å²) in [5.74, 6) is 0.916. The van der Waals surface area contributed by atoms with Gasteiger partial charge in [-0.25, -0.2) is 0 Å². The second-order valence-electron chi connectivity index (χ2n) is 10.6. The van der Waals surface area contributed by atoms with Crippen LogP contribution >= 0.6 is 0 Å². The van der Waals surface area contributed by atoms with Gasteiger partial charge in [0.15, 0.2) is 0 Å². The lowest BCUT2D eigenvalue weighted by Gasteiger charge is -2.38. The molecule has 0 amide bonds. The van der Waals surface area contributed by atoms with E-state index in [0.29, 0.717) is 6.42 Å². The van der Waals surface area contributed by atoms with E-state index in [-0.39, 0.29) is 11.4 Å². The molecular formula is C29H37NO3. The van der Waals surface area contributed by atoms with Crippen LogP contribution in [0.2, 0.25) is 0 Å². The van der Waals surface area contributed by atoms with Crippen LogP contribution in [0.3, 0.4) is 0 Å². The number of carbonyl (C=O) groups excluding carboxylic acids is 1. The van der Waals surface area contributed by atoms with Gasteiger partial charge in [-0.3, -0.25) is 4.79 Å². The minimum absolute atomic E-state index is 0.104. The summed E-state index contributed by atoms with van der Waals surface area (Å²) in [6.07, 6.45) is 6.97. The van der Waals surface area contributed by atoms with Gasteiger partial charge in [0.25, 0.3) is 0 Å². The number of esters is 1. The van der Waals surface area contributed by atoms with Gasteiger partial charge in [-0.1, -0.05) is 42.5 Å². The average Bonchev–Trinajstić information content (AvgIpc) is 3.09. The highest BCUT2D eigenvalue weighted by Gasteiger charge is 2.43. The molecule has 2 aromatic rings. The fourth-order valence-corrected chi connectivity index (χ4v) is 5.02. The van der Waals surface area contributed by atoms with Crippen molar-refractivity contribution >= 4 is 18.1 Å². The van der Waals surface area contributed by atoms with Crippen LogP contribution in [-0.4, -0.2) is 42.7 Å². The molecule has 2 heterocycles. The minimum atomic E-state index is -0.416. The van der Waals surface area contributed by atoms with E-state index in [0.717, 1.165) is 44.8 Å². The van der Waals surface area contributed by atoms with Gasteiger partial charge in [-0.05, 0) is 88.9 Å². The summed E-state index contributed by atoms with van der Waals surface area (Å²) in [5.41, 5.74) is 6.07. The standard InChI is InChI=1S/C29H37NO3/c1-21-7-6-8-22(2)24(21)11-9-23-10-12-25-26(19-23)32-20-29(25)14-17-30(18-15-29)16-13-27(31)33-28(3,4)5/h6-12,19H,13-18,20H2,1-5H3/b11-9+. The number of hydrogen-bond donors (Lipinski definition) is 0. The van der Waals surface area contributed by atoms with Gasteiger partial charge in [0.05, 0.1) is 13.0 Å². The number of fused-ring (bicyclic) bond motifs is 2. The van der Waals surface area contributed by atoms with Crippen LogP contribution in [0.25, 0.3) is 12.2 Å². The zero-order valence-electron chi connectivity index (χ0n) is 20.7. The zero-order chi connectivity index (χ0) is 23.6. The normalized spacial score (nSPS) is 17.8. The Bertz CT molecular complexity index is 1020. The molecule has 2 aliphatic heterocycles. The Balaban J connectivity index is 1.37. The lowest BCUT2D eigenvalue weighted by molar-refractivity contribution is -0.155. The van der Waals surface area contributed by atoms with Crippen molar-refractivity contribution in [2.24, 2.45) is 0 Å². The van der Waals surface area contributed by atoms with Crippen molar-refractivity contribution in [3.05, 3.63) is 64.2 Å². The fourth-order valence-electron chi connectivity index (χ4n) is 5.02. The second-order valence-corrected chi connectivity index (χ2v) is 10.6. The van der Waals surface area contributed by atoms with Crippen molar-refractivity contribution in [3.8, 4) is 5.75 Å². The van der Waals surface area contributed by atoms with E-state index >= 15 is 0 Å². The molecule has 1 saturated heterocycles.